The van der Waals surface area contributed by atoms with Gasteiger partial charge in [-0.15, -0.1) is 0 Å². The maximum absolute atomic E-state index is 13.0. The van der Waals surface area contributed by atoms with E-state index in [1.54, 1.807) is 6.20 Å². The predicted octanol–water partition coefficient (Wildman–Crippen LogP) is 1.85. The third-order valence-corrected chi connectivity index (χ3v) is 8.11. The molecule has 7 rings (SSSR count). The van der Waals surface area contributed by atoms with E-state index in [1.807, 2.05) is 6.92 Å². The number of aryl methyl sites for hydroxylation is 1. The van der Waals surface area contributed by atoms with E-state index in [2.05, 4.69) is 15.4 Å². The standard InChI is InChI=1S/C20H25N3O3/c1-9-6-21-26-18(9)19(24)22-13-2-11-7-23(8-12(11)3-13)20(25)16-10-4-14-15(5-10)17(14)16/h6,10-17H,2-5,7-8H2,1H3,(H,22,24). The van der Waals surface area contributed by atoms with Gasteiger partial charge in [0.1, 0.15) is 0 Å². The molecule has 6 nitrogen and oxygen atoms in total. The lowest BCUT2D eigenvalue weighted by Crippen LogP contribution is -2.39. The van der Waals surface area contributed by atoms with Gasteiger partial charge in [0.25, 0.3) is 5.91 Å². The molecule has 5 unspecified atom stereocenters. The molecule has 138 valence electrons. The molecule has 1 aromatic heterocycles. The molecule has 6 aliphatic rings. The van der Waals surface area contributed by atoms with Gasteiger partial charge < -0.3 is 14.7 Å². The Bertz CT molecular complexity index is 761. The number of fused-ring (bicyclic) bond motifs is 1. The van der Waals surface area contributed by atoms with Gasteiger partial charge >= 0.3 is 0 Å². The number of carbonyl (C=O) groups is 2. The number of aromatic nitrogens is 1. The zero-order valence-corrected chi connectivity index (χ0v) is 15.1. The molecule has 6 fully saturated rings. The summed E-state index contributed by atoms with van der Waals surface area (Å²) in [5.41, 5.74) is 0.769. The second kappa shape index (κ2) is 5.11. The van der Waals surface area contributed by atoms with Crippen molar-refractivity contribution in [3.63, 3.8) is 0 Å². The fraction of sp³-hybridized carbons (Fsp3) is 0.750. The van der Waals surface area contributed by atoms with Gasteiger partial charge in [-0.05, 0) is 68.1 Å². The van der Waals surface area contributed by atoms with E-state index in [-0.39, 0.29) is 11.9 Å². The van der Waals surface area contributed by atoms with Crippen LogP contribution in [-0.2, 0) is 4.79 Å². The number of nitrogens with one attached hydrogen (secondary N) is 1. The summed E-state index contributed by atoms with van der Waals surface area (Å²) in [5.74, 6) is 5.26. The minimum absolute atomic E-state index is 0.164. The summed E-state index contributed by atoms with van der Waals surface area (Å²) in [4.78, 5) is 27.5. The maximum atomic E-state index is 13.0. The van der Waals surface area contributed by atoms with Crippen LogP contribution in [0.1, 0.15) is 41.8 Å². The van der Waals surface area contributed by atoms with E-state index in [1.165, 1.54) is 12.8 Å². The highest BCUT2D eigenvalue weighted by molar-refractivity contribution is 5.92. The van der Waals surface area contributed by atoms with Gasteiger partial charge in [0.05, 0.1) is 6.20 Å². The lowest BCUT2D eigenvalue weighted by Gasteiger charge is -2.24. The van der Waals surface area contributed by atoms with E-state index in [0.29, 0.717) is 35.3 Å². The molecule has 6 heteroatoms. The molecule has 4 bridgehead atoms. The maximum Gasteiger partial charge on any atom is 0.290 e. The van der Waals surface area contributed by atoms with Crippen molar-refractivity contribution in [1.29, 1.82) is 0 Å². The third-order valence-electron chi connectivity index (χ3n) is 8.11. The van der Waals surface area contributed by atoms with Gasteiger partial charge in [-0.25, -0.2) is 0 Å². The molecule has 5 aliphatic carbocycles. The van der Waals surface area contributed by atoms with Crippen molar-refractivity contribution in [3.05, 3.63) is 17.5 Å². The van der Waals surface area contributed by atoms with Crippen LogP contribution in [0, 0.1) is 48.3 Å². The normalized spacial score (nSPS) is 44.4. The Morgan fingerprint density at radius 3 is 2.35 bits per heavy atom. The van der Waals surface area contributed by atoms with E-state index in [4.69, 9.17) is 4.52 Å². The number of rotatable bonds is 3. The number of likely N-dealkylation sites (tertiary alicyclic amines) is 1. The Balaban J connectivity index is 1.06. The zero-order chi connectivity index (χ0) is 17.6. The van der Waals surface area contributed by atoms with Crippen molar-refractivity contribution < 1.29 is 14.1 Å². The first kappa shape index (κ1) is 15.2. The fourth-order valence-corrected chi connectivity index (χ4v) is 7.01. The molecular formula is C20H25N3O3. The van der Waals surface area contributed by atoms with Crippen LogP contribution >= 0.6 is 0 Å². The largest absolute Gasteiger partial charge is 0.351 e. The third kappa shape index (κ3) is 2.01. The van der Waals surface area contributed by atoms with Crippen molar-refractivity contribution in [2.24, 2.45) is 41.4 Å². The van der Waals surface area contributed by atoms with E-state index < -0.39 is 0 Å². The minimum atomic E-state index is -0.164. The molecule has 5 atom stereocenters. The van der Waals surface area contributed by atoms with Gasteiger partial charge in [-0.2, -0.15) is 0 Å². The topological polar surface area (TPSA) is 75.4 Å². The van der Waals surface area contributed by atoms with Gasteiger partial charge in [-0.3, -0.25) is 9.59 Å². The summed E-state index contributed by atoms with van der Waals surface area (Å²) >= 11 is 0. The summed E-state index contributed by atoms with van der Waals surface area (Å²) in [6.45, 7) is 3.61. The quantitative estimate of drug-likeness (QED) is 0.898. The van der Waals surface area contributed by atoms with Gasteiger partial charge in [0.2, 0.25) is 11.7 Å². The van der Waals surface area contributed by atoms with Crippen molar-refractivity contribution in [2.45, 2.75) is 38.6 Å². The van der Waals surface area contributed by atoms with Crippen LogP contribution in [0.25, 0.3) is 0 Å². The minimum Gasteiger partial charge on any atom is -0.351 e. The van der Waals surface area contributed by atoms with Gasteiger partial charge in [0.15, 0.2) is 0 Å². The molecule has 1 aliphatic heterocycles. The van der Waals surface area contributed by atoms with E-state index in [0.717, 1.165) is 49.2 Å². The number of hydrogen-bond donors (Lipinski definition) is 1. The van der Waals surface area contributed by atoms with Gasteiger partial charge in [-0.1, -0.05) is 5.16 Å². The van der Waals surface area contributed by atoms with Crippen LogP contribution < -0.4 is 5.32 Å². The highest BCUT2D eigenvalue weighted by Crippen LogP contribution is 2.73. The molecule has 26 heavy (non-hydrogen) atoms. The van der Waals surface area contributed by atoms with Crippen molar-refractivity contribution in [1.82, 2.24) is 15.4 Å². The van der Waals surface area contributed by atoms with Crippen molar-refractivity contribution in [2.75, 3.05) is 13.1 Å². The smallest absolute Gasteiger partial charge is 0.290 e. The second-order valence-corrected chi connectivity index (χ2v) is 9.41. The summed E-state index contributed by atoms with van der Waals surface area (Å²) in [7, 11) is 0. The molecule has 1 aromatic rings. The van der Waals surface area contributed by atoms with Crippen LogP contribution in [0.4, 0.5) is 0 Å². The van der Waals surface area contributed by atoms with Crippen LogP contribution in [0.2, 0.25) is 0 Å². The van der Waals surface area contributed by atoms with Crippen LogP contribution in [0.15, 0.2) is 10.7 Å². The Morgan fingerprint density at radius 2 is 1.81 bits per heavy atom. The first-order valence-corrected chi connectivity index (χ1v) is 10.1. The number of carbonyl (C=O) groups excluding carboxylic acids is 2. The molecule has 5 saturated carbocycles. The van der Waals surface area contributed by atoms with Crippen molar-refractivity contribution >= 4 is 11.8 Å². The molecule has 2 heterocycles. The van der Waals surface area contributed by atoms with Crippen molar-refractivity contribution in [3.8, 4) is 0 Å². The molecule has 1 N–H and O–H groups in total. The van der Waals surface area contributed by atoms with E-state index >= 15 is 0 Å². The Morgan fingerprint density at radius 1 is 1.12 bits per heavy atom. The lowest BCUT2D eigenvalue weighted by molar-refractivity contribution is -0.136. The lowest BCUT2D eigenvalue weighted by atomic mass is 9.96. The van der Waals surface area contributed by atoms with E-state index in [9.17, 15) is 9.59 Å². The number of hydrogen-bond acceptors (Lipinski definition) is 4. The summed E-state index contributed by atoms with van der Waals surface area (Å²) in [6, 6.07) is 0.186. The second-order valence-electron chi connectivity index (χ2n) is 9.41. The first-order chi connectivity index (χ1) is 12.6. The Labute approximate surface area is 152 Å². The first-order valence-electron chi connectivity index (χ1n) is 10.1. The average molecular weight is 355 g/mol. The highest BCUT2D eigenvalue weighted by atomic mass is 16.5. The zero-order valence-electron chi connectivity index (χ0n) is 15.1. The van der Waals surface area contributed by atoms with Gasteiger partial charge in [0, 0.05) is 30.6 Å². The van der Waals surface area contributed by atoms with Crippen LogP contribution in [-0.4, -0.2) is 41.0 Å². The Kier molecular flexibility index (Phi) is 2.99. The SMILES string of the molecule is Cc1cnoc1C(=O)NC1CC2CN(C(=O)C3C4CC5C(C4)C53)CC2C1. The molecule has 0 aromatic carbocycles. The number of amides is 2. The van der Waals surface area contributed by atoms with Crippen LogP contribution in [0.3, 0.4) is 0 Å². The molecule has 0 radical (unpaired) electrons. The Hall–Kier alpha value is -1.85. The summed E-state index contributed by atoms with van der Waals surface area (Å²) in [6.07, 6.45) is 6.15. The number of nitrogens with zero attached hydrogens (tertiary/aromatic N) is 2. The molecular weight excluding hydrogens is 330 g/mol. The average Bonchev–Trinajstić information content (AvgIpc) is 3.26. The molecule has 0 spiro atoms. The fourth-order valence-electron chi connectivity index (χ4n) is 7.01. The molecule has 1 saturated heterocycles. The monoisotopic (exact) mass is 355 g/mol. The van der Waals surface area contributed by atoms with Crippen LogP contribution in [0.5, 0.6) is 0 Å². The molecule has 2 amide bonds. The summed E-state index contributed by atoms with van der Waals surface area (Å²) in [5, 5.41) is 6.78. The highest BCUT2D eigenvalue weighted by Gasteiger charge is 2.70. The predicted molar refractivity (Wildman–Crippen MR) is 92.0 cm³/mol. The summed E-state index contributed by atoms with van der Waals surface area (Å²) < 4.78 is 5.05.